The highest BCUT2D eigenvalue weighted by Crippen LogP contribution is 2.21. The third-order valence-corrected chi connectivity index (χ3v) is 1.65. The van der Waals surface area contributed by atoms with E-state index in [4.69, 9.17) is 17.3 Å². The molecule has 76 valence electrons. The van der Waals surface area contributed by atoms with Crippen LogP contribution in [-0.4, -0.2) is 11.7 Å². The molecule has 0 spiro atoms. The molecule has 0 aliphatic heterocycles. The van der Waals surface area contributed by atoms with E-state index in [2.05, 4.69) is 4.99 Å². The molecule has 1 aromatic carbocycles. The van der Waals surface area contributed by atoms with Crippen molar-refractivity contribution in [1.82, 2.24) is 0 Å². The topological polar surface area (TPSA) is 38.4 Å². The van der Waals surface area contributed by atoms with Gasteiger partial charge in [0, 0.05) is 12.1 Å². The van der Waals surface area contributed by atoms with Gasteiger partial charge < -0.3 is 5.73 Å². The molecule has 0 fully saturated rings. The van der Waals surface area contributed by atoms with Crippen molar-refractivity contribution in [1.29, 1.82) is 0 Å². The van der Waals surface area contributed by atoms with E-state index in [0.717, 1.165) is 6.07 Å². The molecule has 0 radical (unpaired) electrons. The Morgan fingerprint density at radius 2 is 2.00 bits per heavy atom. The van der Waals surface area contributed by atoms with Crippen LogP contribution in [0.4, 0.5) is 18.9 Å². The highest BCUT2D eigenvalue weighted by Gasteiger charge is 2.10. The summed E-state index contributed by atoms with van der Waals surface area (Å²) in [4.78, 5) is 3.41. The molecule has 14 heavy (non-hydrogen) atoms. The van der Waals surface area contributed by atoms with Crippen LogP contribution in [0.25, 0.3) is 0 Å². The van der Waals surface area contributed by atoms with Crippen molar-refractivity contribution >= 4 is 23.1 Å². The zero-order chi connectivity index (χ0) is 10.7. The van der Waals surface area contributed by atoms with Gasteiger partial charge in [-0.15, -0.1) is 11.6 Å². The average molecular weight is 223 g/mol. The molecule has 1 rings (SSSR count). The fourth-order valence-corrected chi connectivity index (χ4v) is 0.868. The maximum Gasteiger partial charge on any atom is 0.184 e. The molecule has 0 aliphatic carbocycles. The number of hydrogen-bond donors (Lipinski definition) is 1. The standard InChI is InChI=1S/C8H6ClF3N2/c9-3-7(13)14-6-2-4(10)1-5(11)8(6)12/h1-2H,3H2,(H2,13,14). The van der Waals surface area contributed by atoms with Gasteiger partial charge in [-0.1, -0.05) is 0 Å². The van der Waals surface area contributed by atoms with Crippen LogP contribution in [0.15, 0.2) is 17.1 Å². The van der Waals surface area contributed by atoms with Crippen LogP contribution < -0.4 is 5.73 Å². The van der Waals surface area contributed by atoms with Crippen molar-refractivity contribution in [2.45, 2.75) is 0 Å². The smallest absolute Gasteiger partial charge is 0.184 e. The number of benzene rings is 1. The monoisotopic (exact) mass is 222 g/mol. The number of aliphatic imine (C=N–C) groups is 1. The van der Waals surface area contributed by atoms with Gasteiger partial charge in [0.25, 0.3) is 0 Å². The van der Waals surface area contributed by atoms with E-state index in [0.29, 0.717) is 6.07 Å². The van der Waals surface area contributed by atoms with Crippen LogP contribution in [-0.2, 0) is 0 Å². The van der Waals surface area contributed by atoms with Gasteiger partial charge in [-0.05, 0) is 0 Å². The largest absolute Gasteiger partial charge is 0.386 e. The number of rotatable bonds is 2. The summed E-state index contributed by atoms with van der Waals surface area (Å²) in [5.41, 5.74) is 4.68. The van der Waals surface area contributed by atoms with E-state index in [1.165, 1.54) is 0 Å². The minimum atomic E-state index is -1.31. The summed E-state index contributed by atoms with van der Waals surface area (Å²) >= 11 is 5.27. The summed E-state index contributed by atoms with van der Waals surface area (Å²) in [6, 6.07) is 1.16. The fraction of sp³-hybridized carbons (Fsp3) is 0.125. The minimum absolute atomic E-state index is 0.115. The number of amidine groups is 1. The first kappa shape index (κ1) is 10.8. The lowest BCUT2D eigenvalue weighted by Crippen LogP contribution is -2.12. The van der Waals surface area contributed by atoms with Gasteiger partial charge in [-0.3, -0.25) is 0 Å². The van der Waals surface area contributed by atoms with Crippen LogP contribution in [0.3, 0.4) is 0 Å². The zero-order valence-electron chi connectivity index (χ0n) is 6.90. The van der Waals surface area contributed by atoms with E-state index in [9.17, 15) is 13.2 Å². The lowest BCUT2D eigenvalue weighted by atomic mass is 10.3. The van der Waals surface area contributed by atoms with Gasteiger partial charge in [0.2, 0.25) is 0 Å². The van der Waals surface area contributed by atoms with Crippen molar-refractivity contribution in [3.8, 4) is 0 Å². The van der Waals surface area contributed by atoms with E-state index in [1.54, 1.807) is 0 Å². The molecular weight excluding hydrogens is 217 g/mol. The van der Waals surface area contributed by atoms with Crippen LogP contribution >= 0.6 is 11.6 Å². The lowest BCUT2D eigenvalue weighted by Gasteiger charge is -2.00. The fourth-order valence-electron chi connectivity index (χ4n) is 0.808. The summed E-state index contributed by atoms with van der Waals surface area (Å²) in [7, 11) is 0. The van der Waals surface area contributed by atoms with Crippen LogP contribution in [0, 0.1) is 17.5 Å². The minimum Gasteiger partial charge on any atom is -0.386 e. The van der Waals surface area contributed by atoms with Crippen molar-refractivity contribution in [2.75, 3.05) is 5.88 Å². The Bertz CT molecular complexity index is 379. The second kappa shape index (κ2) is 4.32. The first-order valence-electron chi connectivity index (χ1n) is 3.58. The molecule has 0 saturated heterocycles. The summed E-state index contributed by atoms with van der Waals surface area (Å²) in [6.45, 7) is 0. The molecular formula is C8H6ClF3N2. The zero-order valence-corrected chi connectivity index (χ0v) is 7.65. The molecule has 0 saturated carbocycles. The van der Waals surface area contributed by atoms with Gasteiger partial charge in [-0.2, -0.15) is 0 Å². The van der Waals surface area contributed by atoms with Gasteiger partial charge >= 0.3 is 0 Å². The van der Waals surface area contributed by atoms with Gasteiger partial charge in [0.05, 0.1) is 5.88 Å². The van der Waals surface area contributed by atoms with E-state index >= 15 is 0 Å². The Kier molecular flexibility index (Phi) is 3.35. The third-order valence-electron chi connectivity index (χ3n) is 1.37. The molecule has 0 aliphatic rings. The molecule has 2 N–H and O–H groups in total. The average Bonchev–Trinajstić information content (AvgIpc) is 2.13. The molecule has 0 atom stereocenters. The number of nitrogens with two attached hydrogens (primary N) is 1. The van der Waals surface area contributed by atoms with E-state index in [-0.39, 0.29) is 11.7 Å². The summed E-state index contributed by atoms with van der Waals surface area (Å²) in [5.74, 6) is -3.75. The predicted molar refractivity (Wildman–Crippen MR) is 48.3 cm³/mol. The summed E-state index contributed by atoms with van der Waals surface area (Å²) in [5, 5.41) is 0. The Morgan fingerprint density at radius 1 is 1.36 bits per heavy atom. The van der Waals surface area contributed by atoms with Crippen LogP contribution in [0.5, 0.6) is 0 Å². The number of nitrogens with zero attached hydrogens (tertiary/aromatic N) is 1. The quantitative estimate of drug-likeness (QED) is 0.355. The maximum absolute atomic E-state index is 12.9. The summed E-state index contributed by atoms with van der Waals surface area (Å²) < 4.78 is 38.2. The Labute approximate surface area is 83.2 Å². The number of alkyl halides is 1. The molecule has 0 amide bonds. The third kappa shape index (κ3) is 2.38. The van der Waals surface area contributed by atoms with Gasteiger partial charge in [-0.25, -0.2) is 18.2 Å². The molecule has 0 unspecified atom stereocenters. The Morgan fingerprint density at radius 3 is 2.57 bits per heavy atom. The first-order valence-corrected chi connectivity index (χ1v) is 4.11. The van der Waals surface area contributed by atoms with Crippen molar-refractivity contribution in [3.63, 3.8) is 0 Å². The Balaban J connectivity index is 3.21. The highest BCUT2D eigenvalue weighted by atomic mass is 35.5. The van der Waals surface area contributed by atoms with Crippen molar-refractivity contribution < 1.29 is 13.2 Å². The maximum atomic E-state index is 12.9. The molecule has 0 heterocycles. The number of hydrogen-bond acceptors (Lipinski definition) is 1. The number of halogens is 4. The van der Waals surface area contributed by atoms with Gasteiger partial charge in [0.15, 0.2) is 11.6 Å². The van der Waals surface area contributed by atoms with E-state index in [1.807, 2.05) is 0 Å². The molecule has 0 aromatic heterocycles. The summed E-state index contributed by atoms with van der Waals surface area (Å²) in [6.07, 6.45) is 0. The lowest BCUT2D eigenvalue weighted by molar-refractivity contribution is 0.497. The SMILES string of the molecule is NC(CCl)=Nc1cc(F)cc(F)c1F. The normalized spacial score (nSPS) is 11.9. The molecule has 6 heteroatoms. The second-order valence-electron chi connectivity index (χ2n) is 2.46. The molecule has 2 nitrogen and oxygen atoms in total. The molecule has 0 bridgehead atoms. The van der Waals surface area contributed by atoms with E-state index < -0.39 is 23.1 Å². The highest BCUT2D eigenvalue weighted by molar-refractivity contribution is 6.28. The van der Waals surface area contributed by atoms with Crippen molar-refractivity contribution in [3.05, 3.63) is 29.6 Å². The predicted octanol–water partition coefficient (Wildman–Crippen LogP) is 2.33. The second-order valence-corrected chi connectivity index (χ2v) is 2.72. The van der Waals surface area contributed by atoms with Gasteiger partial charge in [0.1, 0.15) is 17.3 Å². The molecule has 1 aromatic rings. The van der Waals surface area contributed by atoms with Crippen LogP contribution in [0.2, 0.25) is 0 Å². The van der Waals surface area contributed by atoms with Crippen molar-refractivity contribution in [2.24, 2.45) is 10.7 Å². The first-order chi connectivity index (χ1) is 6.54. The Hall–Kier alpha value is -1.23. The van der Waals surface area contributed by atoms with Crippen LogP contribution in [0.1, 0.15) is 0 Å².